The number of nitrogens with two attached hydrogens (primary N) is 1. The topological polar surface area (TPSA) is 72.9 Å². The summed E-state index contributed by atoms with van der Waals surface area (Å²) in [5.41, 5.74) is 6.61. The highest BCUT2D eigenvalue weighted by molar-refractivity contribution is 5.84. The van der Waals surface area contributed by atoms with E-state index in [0.29, 0.717) is 11.4 Å². The lowest BCUT2D eigenvalue weighted by Crippen LogP contribution is -2.29. The van der Waals surface area contributed by atoms with Gasteiger partial charge < -0.3 is 15.6 Å². The molecule has 0 saturated heterocycles. The number of primary amides is 1. The highest BCUT2D eigenvalue weighted by atomic mass is 19.1. The quantitative estimate of drug-likeness (QED) is 0.848. The highest BCUT2D eigenvalue weighted by Crippen LogP contribution is 2.20. The molecule has 0 aliphatic rings. The molecule has 106 valence electrons. The summed E-state index contributed by atoms with van der Waals surface area (Å²) in [5.74, 6) is -0.910. The minimum absolute atomic E-state index is 0.375. The second-order valence-electron chi connectivity index (χ2n) is 4.50. The molecule has 2 aromatic rings. The lowest BCUT2D eigenvalue weighted by atomic mass is 10.2. The maximum atomic E-state index is 13.2. The number of anilines is 1. The number of nitrogens with zero attached hydrogens (tertiary/aromatic N) is 2. The van der Waals surface area contributed by atoms with Crippen LogP contribution >= 0.6 is 0 Å². The van der Waals surface area contributed by atoms with Gasteiger partial charge >= 0.3 is 0 Å². The number of imidazole rings is 1. The first-order valence-corrected chi connectivity index (χ1v) is 6.43. The maximum absolute atomic E-state index is 13.2. The van der Waals surface area contributed by atoms with Crippen molar-refractivity contribution in [3.05, 3.63) is 48.3 Å². The van der Waals surface area contributed by atoms with Gasteiger partial charge in [0, 0.05) is 12.2 Å². The number of aryl methyl sites for hydroxylation is 1. The third-order valence-electron chi connectivity index (χ3n) is 2.92. The first-order valence-electron chi connectivity index (χ1n) is 6.43. The van der Waals surface area contributed by atoms with Crippen LogP contribution < -0.4 is 11.1 Å². The van der Waals surface area contributed by atoms with Crippen LogP contribution in [0.3, 0.4) is 0 Å². The number of hydrogen-bond donors (Lipinski definition) is 2. The van der Waals surface area contributed by atoms with Gasteiger partial charge in [0.15, 0.2) is 0 Å². The molecule has 5 nitrogen and oxygen atoms in total. The van der Waals surface area contributed by atoms with Crippen molar-refractivity contribution in [1.82, 2.24) is 9.55 Å². The molecule has 1 unspecified atom stereocenters. The standard InChI is InChI=1S/C14H17FN4O/c1-2-6-19-9-17-8-12(19)13(14(16)20)18-11-5-3-4-10(15)7-11/h3-5,7-9,13,18H,2,6H2,1H3,(H2,16,20). The number of carbonyl (C=O) groups is 1. The van der Waals surface area contributed by atoms with E-state index in [0.717, 1.165) is 13.0 Å². The predicted molar refractivity (Wildman–Crippen MR) is 74.5 cm³/mol. The fraction of sp³-hybridized carbons (Fsp3) is 0.286. The Hall–Kier alpha value is -2.37. The van der Waals surface area contributed by atoms with E-state index in [9.17, 15) is 9.18 Å². The largest absolute Gasteiger partial charge is 0.369 e. The normalized spacial score (nSPS) is 12.1. The van der Waals surface area contributed by atoms with Crippen molar-refractivity contribution in [2.24, 2.45) is 5.73 Å². The van der Waals surface area contributed by atoms with Crippen molar-refractivity contribution in [2.45, 2.75) is 25.9 Å². The number of amides is 1. The van der Waals surface area contributed by atoms with E-state index in [2.05, 4.69) is 10.3 Å². The molecule has 1 aromatic carbocycles. The fourth-order valence-electron chi connectivity index (χ4n) is 2.03. The van der Waals surface area contributed by atoms with Crippen LogP contribution in [0.5, 0.6) is 0 Å². The zero-order chi connectivity index (χ0) is 14.5. The molecular weight excluding hydrogens is 259 g/mol. The predicted octanol–water partition coefficient (Wildman–Crippen LogP) is 2.07. The Bertz CT molecular complexity index is 596. The molecule has 1 amide bonds. The van der Waals surface area contributed by atoms with Crippen molar-refractivity contribution in [2.75, 3.05) is 5.32 Å². The number of halogens is 1. The Morgan fingerprint density at radius 1 is 1.55 bits per heavy atom. The third-order valence-corrected chi connectivity index (χ3v) is 2.92. The summed E-state index contributed by atoms with van der Waals surface area (Å²) in [4.78, 5) is 15.7. The first-order chi connectivity index (χ1) is 9.61. The van der Waals surface area contributed by atoms with E-state index >= 15 is 0 Å². The average molecular weight is 276 g/mol. The summed E-state index contributed by atoms with van der Waals surface area (Å²) in [7, 11) is 0. The van der Waals surface area contributed by atoms with Gasteiger partial charge in [0.05, 0.1) is 18.2 Å². The molecule has 1 atom stereocenters. The van der Waals surface area contributed by atoms with E-state index in [-0.39, 0.29) is 5.82 Å². The number of nitrogens with one attached hydrogen (secondary N) is 1. The minimum Gasteiger partial charge on any atom is -0.369 e. The van der Waals surface area contributed by atoms with Crippen molar-refractivity contribution >= 4 is 11.6 Å². The number of rotatable bonds is 6. The van der Waals surface area contributed by atoms with Gasteiger partial charge in [-0.1, -0.05) is 13.0 Å². The molecule has 0 spiro atoms. The van der Waals surface area contributed by atoms with Crippen LogP contribution in [-0.4, -0.2) is 15.5 Å². The van der Waals surface area contributed by atoms with Gasteiger partial charge in [-0.15, -0.1) is 0 Å². The van der Waals surface area contributed by atoms with Gasteiger partial charge in [-0.05, 0) is 24.6 Å². The van der Waals surface area contributed by atoms with Crippen molar-refractivity contribution in [3.8, 4) is 0 Å². The molecule has 0 aliphatic carbocycles. The average Bonchev–Trinajstić information content (AvgIpc) is 2.84. The molecule has 0 fully saturated rings. The van der Waals surface area contributed by atoms with Crippen LogP contribution in [0.15, 0.2) is 36.8 Å². The Balaban J connectivity index is 2.27. The monoisotopic (exact) mass is 276 g/mol. The van der Waals surface area contributed by atoms with Crippen LogP contribution in [0.25, 0.3) is 0 Å². The Kier molecular flexibility index (Phi) is 4.34. The van der Waals surface area contributed by atoms with Gasteiger partial charge in [0.2, 0.25) is 5.91 Å². The molecule has 20 heavy (non-hydrogen) atoms. The number of aromatic nitrogens is 2. The summed E-state index contributed by atoms with van der Waals surface area (Å²) in [5, 5.41) is 2.95. The zero-order valence-electron chi connectivity index (χ0n) is 11.2. The van der Waals surface area contributed by atoms with Crippen molar-refractivity contribution in [3.63, 3.8) is 0 Å². The summed E-state index contributed by atoms with van der Waals surface area (Å²) in [6.45, 7) is 2.77. The summed E-state index contributed by atoms with van der Waals surface area (Å²) in [6, 6.07) is 5.16. The van der Waals surface area contributed by atoms with E-state index < -0.39 is 11.9 Å². The molecule has 3 N–H and O–H groups in total. The van der Waals surface area contributed by atoms with Crippen LogP contribution in [0.2, 0.25) is 0 Å². The molecule has 0 saturated carbocycles. The van der Waals surface area contributed by atoms with Crippen molar-refractivity contribution in [1.29, 1.82) is 0 Å². The zero-order valence-corrected chi connectivity index (χ0v) is 11.2. The Morgan fingerprint density at radius 3 is 3.00 bits per heavy atom. The Morgan fingerprint density at radius 2 is 2.35 bits per heavy atom. The van der Waals surface area contributed by atoms with Crippen LogP contribution in [-0.2, 0) is 11.3 Å². The van der Waals surface area contributed by atoms with Crippen LogP contribution in [0, 0.1) is 5.82 Å². The lowest BCUT2D eigenvalue weighted by Gasteiger charge is -2.18. The SMILES string of the molecule is CCCn1cncc1C(Nc1cccc(F)c1)C(N)=O. The molecule has 2 rings (SSSR count). The molecule has 0 aliphatic heterocycles. The molecule has 6 heteroatoms. The van der Waals surface area contributed by atoms with Crippen molar-refractivity contribution < 1.29 is 9.18 Å². The van der Waals surface area contributed by atoms with Gasteiger partial charge in [0.25, 0.3) is 0 Å². The molecular formula is C14H17FN4O. The summed E-state index contributed by atoms with van der Waals surface area (Å²) < 4.78 is 15.1. The van der Waals surface area contributed by atoms with Crippen LogP contribution in [0.4, 0.5) is 10.1 Å². The van der Waals surface area contributed by atoms with E-state index in [1.54, 1.807) is 24.7 Å². The van der Waals surface area contributed by atoms with E-state index in [4.69, 9.17) is 5.73 Å². The fourth-order valence-corrected chi connectivity index (χ4v) is 2.03. The van der Waals surface area contributed by atoms with Gasteiger partial charge in [-0.3, -0.25) is 4.79 Å². The Labute approximate surface area is 116 Å². The van der Waals surface area contributed by atoms with Gasteiger partial charge in [-0.25, -0.2) is 9.37 Å². The van der Waals surface area contributed by atoms with E-state index in [1.165, 1.54) is 12.1 Å². The third kappa shape index (κ3) is 3.14. The van der Waals surface area contributed by atoms with Crippen LogP contribution in [0.1, 0.15) is 25.1 Å². The summed E-state index contributed by atoms with van der Waals surface area (Å²) >= 11 is 0. The molecule has 1 heterocycles. The number of benzene rings is 1. The molecule has 1 aromatic heterocycles. The molecule has 0 radical (unpaired) electrons. The second-order valence-corrected chi connectivity index (χ2v) is 4.50. The number of hydrogen-bond acceptors (Lipinski definition) is 3. The second kappa shape index (κ2) is 6.18. The highest BCUT2D eigenvalue weighted by Gasteiger charge is 2.21. The molecule has 0 bridgehead atoms. The maximum Gasteiger partial charge on any atom is 0.246 e. The lowest BCUT2D eigenvalue weighted by molar-refractivity contribution is -0.119. The minimum atomic E-state index is -0.745. The number of carbonyl (C=O) groups excluding carboxylic acids is 1. The van der Waals surface area contributed by atoms with Gasteiger partial charge in [0.1, 0.15) is 11.9 Å². The first kappa shape index (κ1) is 14.0. The van der Waals surface area contributed by atoms with E-state index in [1.807, 2.05) is 11.5 Å². The van der Waals surface area contributed by atoms with Gasteiger partial charge in [-0.2, -0.15) is 0 Å². The summed E-state index contributed by atoms with van der Waals surface area (Å²) in [6.07, 6.45) is 4.16. The smallest absolute Gasteiger partial charge is 0.246 e.